The topological polar surface area (TPSA) is 102 Å². The number of Topliss-reactive ketones (excluding diaryl/α,β-unsaturated/α-hetero) is 1. The lowest BCUT2D eigenvalue weighted by Gasteiger charge is -2.35. The molecular weight excluding hydrogens is 321 g/mol. The second kappa shape index (κ2) is 10.2. The Balaban J connectivity index is 0.000000438. The van der Waals surface area contributed by atoms with Gasteiger partial charge >= 0.3 is 7.82 Å². The van der Waals surface area contributed by atoms with Crippen molar-refractivity contribution in [2.24, 2.45) is 11.3 Å². The summed E-state index contributed by atoms with van der Waals surface area (Å²) in [7, 11) is -3.71. The van der Waals surface area contributed by atoms with Crippen molar-refractivity contribution in [3.8, 4) is 0 Å². The van der Waals surface area contributed by atoms with Crippen LogP contribution >= 0.6 is 7.82 Å². The zero-order valence-corrected chi connectivity index (χ0v) is 15.7. The molecule has 0 spiro atoms. The van der Waals surface area contributed by atoms with Crippen molar-refractivity contribution in [1.82, 2.24) is 5.32 Å². The van der Waals surface area contributed by atoms with Crippen LogP contribution in [-0.4, -0.2) is 36.3 Å². The molecule has 2 atom stereocenters. The van der Waals surface area contributed by atoms with Crippen molar-refractivity contribution in [3.05, 3.63) is 0 Å². The molecule has 1 aliphatic rings. The number of hydrogen-bond acceptors (Lipinski definition) is 5. The third-order valence-electron chi connectivity index (χ3n) is 3.88. The number of rotatable bonds is 7. The van der Waals surface area contributed by atoms with Crippen LogP contribution in [0.3, 0.4) is 0 Å². The van der Waals surface area contributed by atoms with Crippen LogP contribution in [0, 0.1) is 11.3 Å². The number of hydrogen-bond donors (Lipinski definition) is 2. The maximum Gasteiger partial charge on any atom is 0.472 e. The highest BCUT2D eigenvalue weighted by molar-refractivity contribution is 7.47. The highest BCUT2D eigenvalue weighted by atomic mass is 31.2. The van der Waals surface area contributed by atoms with Crippen LogP contribution in [0.25, 0.3) is 0 Å². The van der Waals surface area contributed by atoms with E-state index in [1.165, 1.54) is 0 Å². The van der Waals surface area contributed by atoms with Gasteiger partial charge in [0.25, 0.3) is 0 Å². The second-order valence-electron chi connectivity index (χ2n) is 5.48. The number of phosphoric acid groups is 1. The van der Waals surface area contributed by atoms with Crippen LogP contribution in [0.15, 0.2) is 0 Å². The fourth-order valence-electron chi connectivity index (χ4n) is 2.42. The van der Waals surface area contributed by atoms with Gasteiger partial charge in [0.05, 0.1) is 13.2 Å². The van der Waals surface area contributed by atoms with E-state index in [-0.39, 0.29) is 30.8 Å². The zero-order valence-electron chi connectivity index (χ0n) is 14.8. The minimum Gasteiger partial charge on any atom is -0.355 e. The highest BCUT2D eigenvalue weighted by Gasteiger charge is 2.47. The summed E-state index contributed by atoms with van der Waals surface area (Å²) in [6, 6.07) is 0. The Morgan fingerprint density at radius 1 is 1.22 bits per heavy atom. The van der Waals surface area contributed by atoms with E-state index in [1.54, 1.807) is 6.92 Å². The molecule has 1 saturated heterocycles. The minimum atomic E-state index is -3.71. The number of carbonyl (C=O) groups excluding carboxylic acids is 2. The van der Waals surface area contributed by atoms with Crippen LogP contribution in [0.1, 0.15) is 53.9 Å². The maximum atomic E-state index is 11.9. The number of amides is 1. The average Bonchev–Trinajstić information content (AvgIpc) is 2.51. The van der Waals surface area contributed by atoms with Crippen molar-refractivity contribution >= 4 is 19.5 Å². The van der Waals surface area contributed by atoms with Gasteiger partial charge in [-0.05, 0) is 26.2 Å². The first-order chi connectivity index (χ1) is 10.7. The molecule has 2 N–H and O–H groups in total. The number of carbonyl (C=O) groups is 2. The fraction of sp³-hybridized carbons (Fsp3) is 0.867. The molecule has 1 aliphatic heterocycles. The number of ketones is 1. The number of piperidine rings is 1. The molecule has 1 rings (SSSR count). The van der Waals surface area contributed by atoms with Gasteiger partial charge in [-0.3, -0.25) is 18.6 Å². The summed E-state index contributed by atoms with van der Waals surface area (Å²) < 4.78 is 19.6. The molecule has 23 heavy (non-hydrogen) atoms. The Kier molecular flexibility index (Phi) is 9.85. The quantitative estimate of drug-likeness (QED) is 0.540. The van der Waals surface area contributed by atoms with E-state index in [0.717, 1.165) is 0 Å². The molecule has 0 aliphatic carbocycles. The van der Waals surface area contributed by atoms with Crippen molar-refractivity contribution in [2.75, 3.05) is 19.8 Å². The molecule has 1 amide bonds. The Morgan fingerprint density at radius 3 is 2.17 bits per heavy atom. The van der Waals surface area contributed by atoms with E-state index in [0.29, 0.717) is 25.8 Å². The molecule has 8 heteroatoms. The van der Waals surface area contributed by atoms with E-state index in [1.807, 2.05) is 27.7 Å². The minimum absolute atomic E-state index is 0.0300. The van der Waals surface area contributed by atoms with Gasteiger partial charge in [-0.1, -0.05) is 27.7 Å². The van der Waals surface area contributed by atoms with Gasteiger partial charge in [0.1, 0.15) is 5.41 Å². The molecule has 0 aromatic carbocycles. The predicted molar refractivity (Wildman–Crippen MR) is 87.9 cm³/mol. The summed E-state index contributed by atoms with van der Waals surface area (Å²) in [6.07, 6.45) is 1.93. The third-order valence-corrected chi connectivity index (χ3v) is 4.97. The predicted octanol–water partition coefficient (Wildman–Crippen LogP) is 2.68. The smallest absolute Gasteiger partial charge is 0.355 e. The second-order valence-corrected chi connectivity index (χ2v) is 6.94. The molecule has 136 valence electrons. The van der Waals surface area contributed by atoms with E-state index >= 15 is 0 Å². The summed E-state index contributed by atoms with van der Waals surface area (Å²) in [6.45, 7) is 10.1. The van der Waals surface area contributed by atoms with Gasteiger partial charge in [0.2, 0.25) is 5.91 Å². The molecule has 0 saturated carbocycles. The summed E-state index contributed by atoms with van der Waals surface area (Å²) in [4.78, 5) is 32.2. The first-order valence-corrected chi connectivity index (χ1v) is 9.64. The van der Waals surface area contributed by atoms with E-state index < -0.39 is 13.2 Å². The lowest BCUT2D eigenvalue weighted by molar-refractivity contribution is -0.148. The fourth-order valence-corrected chi connectivity index (χ4v) is 3.23. The molecule has 0 radical (unpaired) electrons. The van der Waals surface area contributed by atoms with Crippen molar-refractivity contribution in [1.29, 1.82) is 0 Å². The Bertz CT molecular complexity index is 436. The standard InChI is InChI=1S/C10H17NO2.C5H13O4P/c1-4-10(5-2)8(12)7(3)6-11-9(10)13;1-3-5-9-10(6,7)8-4-2/h7H,4-6H2,1-3H3,(H,11,13);3-5H2,1-2H3,(H,6,7)/t7-;/m1./s1. The van der Waals surface area contributed by atoms with Crippen LogP contribution in [0.5, 0.6) is 0 Å². The van der Waals surface area contributed by atoms with Crippen LogP contribution < -0.4 is 5.32 Å². The molecule has 1 fully saturated rings. The van der Waals surface area contributed by atoms with E-state index in [9.17, 15) is 14.2 Å². The van der Waals surface area contributed by atoms with Gasteiger partial charge in [0.15, 0.2) is 5.78 Å². The van der Waals surface area contributed by atoms with Crippen LogP contribution in [0.2, 0.25) is 0 Å². The lowest BCUT2D eigenvalue weighted by atomic mass is 9.71. The molecule has 0 aromatic heterocycles. The summed E-state index contributed by atoms with van der Waals surface area (Å²) >= 11 is 0. The van der Waals surface area contributed by atoms with Gasteiger partial charge in [0, 0.05) is 12.5 Å². The summed E-state index contributed by atoms with van der Waals surface area (Å²) in [5.74, 6) is -0.000509. The number of phosphoric ester groups is 1. The Hall–Kier alpha value is -0.750. The largest absolute Gasteiger partial charge is 0.472 e. The zero-order chi connectivity index (χ0) is 18.1. The van der Waals surface area contributed by atoms with Crippen LogP contribution in [0.4, 0.5) is 0 Å². The van der Waals surface area contributed by atoms with Crippen molar-refractivity contribution < 1.29 is 28.1 Å². The summed E-state index contributed by atoms with van der Waals surface area (Å²) in [5.41, 5.74) is -0.738. The average molecular weight is 351 g/mol. The van der Waals surface area contributed by atoms with Gasteiger partial charge in [-0.2, -0.15) is 0 Å². The molecular formula is C15H30NO6P. The Labute approximate surface area is 138 Å². The maximum absolute atomic E-state index is 11.9. The van der Waals surface area contributed by atoms with Crippen molar-refractivity contribution in [3.63, 3.8) is 0 Å². The molecule has 0 bridgehead atoms. The number of nitrogens with one attached hydrogen (secondary N) is 1. The molecule has 1 heterocycles. The van der Waals surface area contributed by atoms with Gasteiger partial charge in [-0.25, -0.2) is 4.57 Å². The SMILES string of the molecule is CCC1(CC)C(=O)NC[C@@H](C)C1=O.CCCOP(=O)(O)OCC. The normalized spacial score (nSPS) is 22.6. The van der Waals surface area contributed by atoms with Crippen molar-refractivity contribution in [2.45, 2.75) is 53.9 Å². The lowest BCUT2D eigenvalue weighted by Crippen LogP contribution is -2.55. The first kappa shape index (κ1) is 22.2. The molecule has 7 nitrogen and oxygen atoms in total. The van der Waals surface area contributed by atoms with E-state index in [4.69, 9.17) is 4.89 Å². The van der Waals surface area contributed by atoms with Gasteiger partial charge in [-0.15, -0.1) is 0 Å². The summed E-state index contributed by atoms with van der Waals surface area (Å²) in [5, 5.41) is 2.80. The first-order valence-electron chi connectivity index (χ1n) is 8.15. The molecule has 1 unspecified atom stereocenters. The molecule has 0 aromatic rings. The monoisotopic (exact) mass is 351 g/mol. The van der Waals surface area contributed by atoms with Gasteiger partial charge < -0.3 is 10.2 Å². The van der Waals surface area contributed by atoms with Crippen LogP contribution in [-0.2, 0) is 23.2 Å². The highest BCUT2D eigenvalue weighted by Crippen LogP contribution is 2.42. The Morgan fingerprint density at radius 2 is 1.78 bits per heavy atom. The van der Waals surface area contributed by atoms with E-state index in [2.05, 4.69) is 14.4 Å². The third kappa shape index (κ3) is 6.34.